The first kappa shape index (κ1) is 13.7. The average Bonchev–Trinajstić information content (AvgIpc) is 3.02. The van der Waals surface area contributed by atoms with E-state index < -0.39 is 0 Å². The summed E-state index contributed by atoms with van der Waals surface area (Å²) in [7, 11) is 0. The van der Waals surface area contributed by atoms with E-state index in [1.54, 1.807) is 0 Å². The van der Waals surface area contributed by atoms with Gasteiger partial charge in [0, 0.05) is 10.4 Å². The highest BCUT2D eigenvalue weighted by molar-refractivity contribution is 7.10. The van der Waals surface area contributed by atoms with Gasteiger partial charge in [-0.25, -0.2) is 0 Å². The first-order chi connectivity index (χ1) is 9.20. The van der Waals surface area contributed by atoms with Crippen LogP contribution in [0, 0.1) is 11.8 Å². The molecule has 0 aliphatic carbocycles. The number of nitrogens with one attached hydrogen (secondary N) is 1. The fourth-order valence-electron chi connectivity index (χ4n) is 1.41. The molecule has 0 bridgehead atoms. The Morgan fingerprint density at radius 3 is 3.00 bits per heavy atom. The van der Waals surface area contributed by atoms with Gasteiger partial charge in [-0.3, -0.25) is 4.79 Å². The average molecular weight is 296 g/mol. The zero-order valence-corrected chi connectivity index (χ0v) is 11.3. The summed E-state index contributed by atoms with van der Waals surface area (Å²) in [6.45, 7) is 0.163. The van der Waals surface area contributed by atoms with E-state index in [0.29, 0.717) is 6.54 Å². The standard InChI is InChI=1S/C13H10ClNO3S/c14-12-4-3-10(18-12)13(17)15-8-11-9(2-1-6-16)5-7-19-11/h3-5,7,16H,6,8H2,(H,15,17). The SMILES string of the molecule is O=C(NCc1sccc1C#CCO)c1ccc(Cl)o1. The van der Waals surface area contributed by atoms with Crippen molar-refractivity contribution in [1.82, 2.24) is 5.32 Å². The molecule has 4 nitrogen and oxygen atoms in total. The van der Waals surface area contributed by atoms with Crippen molar-refractivity contribution in [3.05, 3.63) is 45.0 Å². The maximum Gasteiger partial charge on any atom is 0.287 e. The molecule has 1 amide bonds. The van der Waals surface area contributed by atoms with Gasteiger partial charge >= 0.3 is 0 Å². The second kappa shape index (κ2) is 6.43. The zero-order chi connectivity index (χ0) is 13.7. The van der Waals surface area contributed by atoms with Gasteiger partial charge in [0.1, 0.15) is 6.61 Å². The summed E-state index contributed by atoms with van der Waals surface area (Å²) in [5.74, 6) is 5.24. The van der Waals surface area contributed by atoms with Crippen LogP contribution in [0.5, 0.6) is 0 Å². The number of halogens is 1. The highest BCUT2D eigenvalue weighted by Crippen LogP contribution is 2.16. The Hall–Kier alpha value is -1.74. The molecule has 19 heavy (non-hydrogen) atoms. The summed E-state index contributed by atoms with van der Waals surface area (Å²) in [5.41, 5.74) is 0.803. The number of carbonyl (C=O) groups excluding carboxylic acids is 1. The summed E-state index contributed by atoms with van der Waals surface area (Å²) in [6.07, 6.45) is 0. The molecule has 0 atom stereocenters. The van der Waals surface area contributed by atoms with Gasteiger partial charge in [0.25, 0.3) is 5.91 Å². The third-order valence-corrected chi connectivity index (χ3v) is 3.38. The normalized spacial score (nSPS) is 9.79. The van der Waals surface area contributed by atoms with Crippen molar-refractivity contribution in [2.75, 3.05) is 6.61 Å². The van der Waals surface area contributed by atoms with Gasteiger partial charge in [-0.05, 0) is 35.2 Å². The Kier molecular flexibility index (Phi) is 4.63. The topological polar surface area (TPSA) is 62.5 Å². The van der Waals surface area contributed by atoms with Crippen LogP contribution in [0.15, 0.2) is 28.0 Å². The van der Waals surface area contributed by atoms with E-state index in [2.05, 4.69) is 17.2 Å². The Morgan fingerprint density at radius 1 is 1.47 bits per heavy atom. The van der Waals surface area contributed by atoms with Crippen molar-refractivity contribution in [3.8, 4) is 11.8 Å². The van der Waals surface area contributed by atoms with Crippen LogP contribution in [0.3, 0.4) is 0 Å². The van der Waals surface area contributed by atoms with E-state index in [-0.39, 0.29) is 23.5 Å². The highest BCUT2D eigenvalue weighted by Gasteiger charge is 2.11. The van der Waals surface area contributed by atoms with Gasteiger partial charge in [-0.2, -0.15) is 0 Å². The zero-order valence-electron chi connectivity index (χ0n) is 9.77. The second-order valence-corrected chi connectivity index (χ2v) is 4.88. The largest absolute Gasteiger partial charge is 0.440 e. The maximum absolute atomic E-state index is 11.7. The monoisotopic (exact) mass is 295 g/mol. The Morgan fingerprint density at radius 2 is 2.32 bits per heavy atom. The number of aliphatic hydroxyl groups is 1. The van der Waals surface area contributed by atoms with Crippen molar-refractivity contribution in [2.45, 2.75) is 6.54 Å². The molecular formula is C13H10ClNO3S. The van der Waals surface area contributed by atoms with Gasteiger partial charge in [0.15, 0.2) is 11.0 Å². The van der Waals surface area contributed by atoms with E-state index >= 15 is 0 Å². The molecule has 0 spiro atoms. The molecule has 98 valence electrons. The number of amides is 1. The van der Waals surface area contributed by atoms with Gasteiger partial charge in [0.05, 0.1) is 6.54 Å². The lowest BCUT2D eigenvalue weighted by Gasteiger charge is -2.01. The van der Waals surface area contributed by atoms with Crippen molar-refractivity contribution < 1.29 is 14.3 Å². The van der Waals surface area contributed by atoms with Crippen molar-refractivity contribution in [1.29, 1.82) is 0 Å². The molecule has 6 heteroatoms. The van der Waals surface area contributed by atoms with Crippen LogP contribution in [0.1, 0.15) is 21.0 Å². The molecule has 0 unspecified atom stereocenters. The van der Waals surface area contributed by atoms with E-state index in [4.69, 9.17) is 21.1 Å². The van der Waals surface area contributed by atoms with Gasteiger partial charge in [-0.1, -0.05) is 11.8 Å². The predicted octanol–water partition coefficient (Wildman–Crippen LogP) is 2.27. The smallest absolute Gasteiger partial charge is 0.287 e. The number of thiophene rings is 1. The number of rotatable bonds is 3. The lowest BCUT2D eigenvalue weighted by molar-refractivity contribution is 0.0923. The molecule has 2 aromatic rings. The minimum Gasteiger partial charge on any atom is -0.440 e. The number of aliphatic hydroxyl groups excluding tert-OH is 1. The maximum atomic E-state index is 11.7. The number of carbonyl (C=O) groups is 1. The van der Waals surface area contributed by atoms with Crippen LogP contribution in [0.2, 0.25) is 5.22 Å². The van der Waals surface area contributed by atoms with E-state index in [1.165, 1.54) is 23.5 Å². The number of hydrogen-bond acceptors (Lipinski definition) is 4. The molecule has 0 aliphatic rings. The second-order valence-electron chi connectivity index (χ2n) is 3.50. The molecule has 2 heterocycles. The van der Waals surface area contributed by atoms with Gasteiger partial charge in [0.2, 0.25) is 0 Å². The lowest BCUT2D eigenvalue weighted by atomic mass is 10.2. The van der Waals surface area contributed by atoms with Crippen LogP contribution in [-0.4, -0.2) is 17.6 Å². The Labute approximate surface area is 119 Å². The third-order valence-electron chi connectivity index (χ3n) is 2.25. The van der Waals surface area contributed by atoms with Crippen LogP contribution >= 0.6 is 22.9 Å². The lowest BCUT2D eigenvalue weighted by Crippen LogP contribution is -2.22. The molecule has 0 aromatic carbocycles. The van der Waals surface area contributed by atoms with E-state index in [1.807, 2.05) is 11.4 Å². The molecule has 2 N–H and O–H groups in total. The van der Waals surface area contributed by atoms with E-state index in [9.17, 15) is 4.79 Å². The quantitative estimate of drug-likeness (QED) is 0.854. The molecule has 0 saturated heterocycles. The summed E-state index contributed by atoms with van der Waals surface area (Å²) < 4.78 is 5.01. The number of hydrogen-bond donors (Lipinski definition) is 2. The molecular weight excluding hydrogens is 286 g/mol. The Balaban J connectivity index is 1.99. The van der Waals surface area contributed by atoms with Crippen LogP contribution in [-0.2, 0) is 6.54 Å². The van der Waals surface area contributed by atoms with Crippen molar-refractivity contribution >= 4 is 28.8 Å². The highest BCUT2D eigenvalue weighted by atomic mass is 35.5. The minimum absolute atomic E-state index is 0.171. The van der Waals surface area contributed by atoms with Crippen molar-refractivity contribution in [3.63, 3.8) is 0 Å². The minimum atomic E-state index is -0.332. The summed E-state index contributed by atoms with van der Waals surface area (Å²) in [6, 6.07) is 4.87. The number of furan rings is 1. The van der Waals surface area contributed by atoms with E-state index in [0.717, 1.165) is 10.4 Å². The first-order valence-corrected chi connectivity index (χ1v) is 6.66. The van der Waals surface area contributed by atoms with Crippen LogP contribution < -0.4 is 5.32 Å². The third kappa shape index (κ3) is 3.61. The van der Waals surface area contributed by atoms with Gasteiger partial charge < -0.3 is 14.8 Å². The molecule has 2 aromatic heterocycles. The fourth-order valence-corrected chi connectivity index (χ4v) is 2.32. The molecule has 0 fully saturated rings. The van der Waals surface area contributed by atoms with Gasteiger partial charge in [-0.15, -0.1) is 11.3 Å². The summed E-state index contributed by atoms with van der Waals surface area (Å²) in [5, 5.41) is 13.4. The summed E-state index contributed by atoms with van der Waals surface area (Å²) >= 11 is 7.09. The molecule has 0 saturated carbocycles. The predicted molar refractivity (Wildman–Crippen MR) is 73.2 cm³/mol. The van der Waals surface area contributed by atoms with Crippen molar-refractivity contribution in [2.24, 2.45) is 0 Å². The summed E-state index contributed by atoms with van der Waals surface area (Å²) in [4.78, 5) is 12.7. The Bertz CT molecular complexity index is 636. The fraction of sp³-hybridized carbons (Fsp3) is 0.154. The first-order valence-electron chi connectivity index (χ1n) is 5.40. The molecule has 2 rings (SSSR count). The molecule has 0 aliphatic heterocycles. The van der Waals surface area contributed by atoms with Crippen LogP contribution in [0.4, 0.5) is 0 Å². The molecule has 0 radical (unpaired) electrons. The van der Waals surface area contributed by atoms with Crippen LogP contribution in [0.25, 0.3) is 0 Å².